The first-order valence-corrected chi connectivity index (χ1v) is 9.42. The van der Waals surface area contributed by atoms with Gasteiger partial charge in [0.1, 0.15) is 12.4 Å². The van der Waals surface area contributed by atoms with Crippen LogP contribution in [-0.4, -0.2) is 20.4 Å². The largest absolute Gasteiger partial charge is 0.493 e. The van der Waals surface area contributed by atoms with Gasteiger partial charge in [-0.05, 0) is 35.9 Å². The molecule has 0 fully saturated rings. The van der Waals surface area contributed by atoms with E-state index in [9.17, 15) is 5.26 Å². The van der Waals surface area contributed by atoms with E-state index in [2.05, 4.69) is 16.6 Å². The molecule has 0 aromatic heterocycles. The van der Waals surface area contributed by atoms with E-state index in [0.717, 1.165) is 16.7 Å². The molecular weight excluding hydrogens is 378 g/mol. The Kier molecular flexibility index (Phi) is 7.28. The van der Waals surface area contributed by atoms with E-state index < -0.39 is 0 Å². The lowest BCUT2D eigenvalue weighted by Crippen LogP contribution is -2.06. The zero-order valence-electron chi connectivity index (χ0n) is 17.0. The zero-order valence-corrected chi connectivity index (χ0v) is 17.0. The van der Waals surface area contributed by atoms with Crippen molar-refractivity contribution in [1.29, 1.82) is 5.26 Å². The number of nitriles is 1. The second-order valence-corrected chi connectivity index (χ2v) is 6.38. The monoisotopic (exact) mass is 401 g/mol. The third kappa shape index (κ3) is 5.30. The van der Waals surface area contributed by atoms with Crippen molar-refractivity contribution in [2.45, 2.75) is 13.2 Å². The number of para-hydroxylation sites is 1. The molecule has 0 amide bonds. The van der Waals surface area contributed by atoms with Crippen LogP contribution in [0.5, 0.6) is 17.2 Å². The lowest BCUT2D eigenvalue weighted by molar-refractivity contribution is 0.305. The van der Waals surface area contributed by atoms with Gasteiger partial charge in [0.25, 0.3) is 0 Å². The van der Waals surface area contributed by atoms with E-state index in [0.29, 0.717) is 36.0 Å². The van der Waals surface area contributed by atoms with Crippen molar-refractivity contribution in [2.24, 2.45) is 5.10 Å². The number of hydrogen-bond acceptors (Lipinski definition) is 6. The van der Waals surface area contributed by atoms with Crippen LogP contribution >= 0.6 is 0 Å². The average molecular weight is 401 g/mol. The van der Waals surface area contributed by atoms with Crippen LogP contribution in [0.25, 0.3) is 0 Å². The molecule has 0 unspecified atom stereocenters. The number of nitrogens with one attached hydrogen (secondary N) is 1. The van der Waals surface area contributed by atoms with Gasteiger partial charge in [0.15, 0.2) is 11.5 Å². The molecule has 0 spiro atoms. The third-order valence-corrected chi connectivity index (χ3v) is 4.47. The Morgan fingerprint density at radius 3 is 2.50 bits per heavy atom. The molecule has 152 valence electrons. The van der Waals surface area contributed by atoms with E-state index in [-0.39, 0.29) is 0 Å². The molecule has 0 saturated carbocycles. The van der Waals surface area contributed by atoms with Gasteiger partial charge in [-0.25, -0.2) is 0 Å². The minimum absolute atomic E-state index is 0.313. The molecule has 0 bridgehead atoms. The molecule has 0 saturated heterocycles. The van der Waals surface area contributed by atoms with Crippen LogP contribution in [0, 0.1) is 11.3 Å². The van der Waals surface area contributed by atoms with Gasteiger partial charge in [-0.1, -0.05) is 36.4 Å². The summed E-state index contributed by atoms with van der Waals surface area (Å²) < 4.78 is 16.5. The van der Waals surface area contributed by atoms with Gasteiger partial charge in [-0.15, -0.1) is 0 Å². The Hall–Kier alpha value is -3.98. The van der Waals surface area contributed by atoms with Gasteiger partial charge in [0.2, 0.25) is 0 Å². The van der Waals surface area contributed by atoms with E-state index in [1.807, 2.05) is 60.7 Å². The number of hydrazone groups is 1. The number of hydrogen-bond donors (Lipinski definition) is 1. The van der Waals surface area contributed by atoms with Crippen molar-refractivity contribution in [1.82, 2.24) is 5.43 Å². The number of benzene rings is 3. The molecule has 0 heterocycles. The van der Waals surface area contributed by atoms with Crippen molar-refractivity contribution < 1.29 is 14.2 Å². The summed E-state index contributed by atoms with van der Waals surface area (Å²) in [6.45, 7) is 0.850. The quantitative estimate of drug-likeness (QED) is 0.428. The third-order valence-electron chi connectivity index (χ3n) is 4.47. The molecule has 3 aromatic carbocycles. The minimum atomic E-state index is 0.313. The predicted octanol–water partition coefficient (Wildman–Crippen LogP) is 4.28. The van der Waals surface area contributed by atoms with Crippen molar-refractivity contribution in [2.75, 3.05) is 14.2 Å². The lowest BCUT2D eigenvalue weighted by Gasteiger charge is -2.10. The standard InChI is InChI=1S/C24H23N3O3/c1-28-23-12-11-18(13-24(23)29-2)15-26-27-16-20-8-5-6-10-22(20)30-17-21-9-4-3-7-19(21)14-25/h3-13,16,26H,15,17H2,1-2H3/b27-16+. The van der Waals surface area contributed by atoms with E-state index in [1.165, 1.54) is 0 Å². The fourth-order valence-electron chi connectivity index (χ4n) is 2.87. The second-order valence-electron chi connectivity index (χ2n) is 6.38. The topological polar surface area (TPSA) is 75.9 Å². The van der Waals surface area contributed by atoms with Gasteiger partial charge < -0.3 is 19.6 Å². The summed E-state index contributed by atoms with van der Waals surface area (Å²) in [4.78, 5) is 0. The average Bonchev–Trinajstić information content (AvgIpc) is 2.81. The van der Waals surface area contributed by atoms with Gasteiger partial charge in [0.05, 0.1) is 38.6 Å². The molecule has 1 N–H and O–H groups in total. The van der Waals surface area contributed by atoms with Crippen LogP contribution in [0.15, 0.2) is 71.8 Å². The maximum absolute atomic E-state index is 9.22. The number of nitrogens with zero attached hydrogens (tertiary/aromatic N) is 2. The summed E-state index contributed by atoms with van der Waals surface area (Å²) >= 11 is 0. The fraction of sp³-hybridized carbons (Fsp3) is 0.167. The predicted molar refractivity (Wildman–Crippen MR) is 116 cm³/mol. The molecule has 0 aliphatic heterocycles. The van der Waals surface area contributed by atoms with Crippen molar-refractivity contribution >= 4 is 6.21 Å². The highest BCUT2D eigenvalue weighted by Crippen LogP contribution is 2.27. The van der Waals surface area contributed by atoms with Crippen molar-refractivity contribution in [3.05, 3.63) is 89.0 Å². The maximum atomic E-state index is 9.22. The number of ether oxygens (including phenoxy) is 3. The summed E-state index contributed by atoms with van der Waals surface area (Å²) in [5.74, 6) is 2.06. The minimum Gasteiger partial charge on any atom is -0.493 e. The molecule has 30 heavy (non-hydrogen) atoms. The molecule has 3 rings (SSSR count). The molecule has 0 atom stereocenters. The summed E-state index contributed by atoms with van der Waals surface area (Å²) in [7, 11) is 3.22. The summed E-state index contributed by atoms with van der Waals surface area (Å²) in [6, 6.07) is 22.9. The maximum Gasteiger partial charge on any atom is 0.161 e. The van der Waals surface area contributed by atoms with Crippen molar-refractivity contribution in [3.8, 4) is 23.3 Å². The zero-order chi connectivity index (χ0) is 21.2. The van der Waals surface area contributed by atoms with Gasteiger partial charge >= 0.3 is 0 Å². The van der Waals surface area contributed by atoms with Gasteiger partial charge in [-0.3, -0.25) is 0 Å². The summed E-state index contributed by atoms with van der Waals surface area (Å²) in [5.41, 5.74) is 6.35. The summed E-state index contributed by atoms with van der Waals surface area (Å²) in [5, 5.41) is 13.5. The molecule has 0 aliphatic rings. The lowest BCUT2D eigenvalue weighted by atomic mass is 10.1. The highest BCUT2D eigenvalue weighted by molar-refractivity contribution is 5.83. The Morgan fingerprint density at radius 2 is 1.70 bits per heavy atom. The second kappa shape index (κ2) is 10.5. The molecule has 6 nitrogen and oxygen atoms in total. The van der Waals surface area contributed by atoms with E-state index in [4.69, 9.17) is 14.2 Å². The molecule has 0 radical (unpaired) electrons. The van der Waals surface area contributed by atoms with E-state index >= 15 is 0 Å². The van der Waals surface area contributed by atoms with E-state index in [1.54, 1.807) is 26.5 Å². The van der Waals surface area contributed by atoms with Gasteiger partial charge in [-0.2, -0.15) is 10.4 Å². The first-order valence-electron chi connectivity index (χ1n) is 9.42. The Morgan fingerprint density at radius 1 is 0.933 bits per heavy atom. The van der Waals surface area contributed by atoms with Crippen LogP contribution in [-0.2, 0) is 13.2 Å². The Bertz CT molecular complexity index is 1060. The van der Waals surface area contributed by atoms with Crippen molar-refractivity contribution in [3.63, 3.8) is 0 Å². The Balaban J connectivity index is 1.62. The van der Waals surface area contributed by atoms with Crippen LogP contribution in [0.3, 0.4) is 0 Å². The molecule has 3 aromatic rings. The van der Waals surface area contributed by atoms with Crippen LogP contribution in [0.2, 0.25) is 0 Å². The highest BCUT2D eigenvalue weighted by Gasteiger charge is 2.06. The molecule has 6 heteroatoms. The van der Waals surface area contributed by atoms with Crippen LogP contribution in [0.1, 0.15) is 22.3 Å². The summed E-state index contributed by atoms with van der Waals surface area (Å²) in [6.07, 6.45) is 1.71. The van der Waals surface area contributed by atoms with Crippen LogP contribution < -0.4 is 19.6 Å². The Labute approximate surface area is 176 Å². The first kappa shape index (κ1) is 20.7. The SMILES string of the molecule is COc1ccc(CN/N=C/c2ccccc2OCc2ccccc2C#N)cc1OC. The number of methoxy groups -OCH3 is 2. The molecule has 0 aliphatic carbocycles. The van der Waals surface area contributed by atoms with Gasteiger partial charge in [0, 0.05) is 11.1 Å². The molecular formula is C24H23N3O3. The normalized spacial score (nSPS) is 10.4. The number of rotatable bonds is 9. The van der Waals surface area contributed by atoms with Crippen LogP contribution in [0.4, 0.5) is 0 Å². The smallest absolute Gasteiger partial charge is 0.161 e. The first-order chi connectivity index (χ1) is 14.7. The highest BCUT2D eigenvalue weighted by atomic mass is 16.5. The fourth-order valence-corrected chi connectivity index (χ4v) is 2.87.